The molecule has 1 aliphatic carbocycles. The lowest BCUT2D eigenvalue weighted by atomic mass is 9.92. The maximum Gasteiger partial charge on any atom is 0.522 e. The average molecular weight is 199 g/mol. The minimum absolute atomic E-state index is 0.0441. The van der Waals surface area contributed by atoms with Gasteiger partial charge in [0.1, 0.15) is 6.10 Å². The zero-order valence-corrected chi connectivity index (χ0v) is 6.50. The van der Waals surface area contributed by atoms with E-state index in [0.29, 0.717) is 0 Å². The van der Waals surface area contributed by atoms with Crippen LogP contribution < -0.4 is 5.73 Å². The lowest BCUT2D eigenvalue weighted by Gasteiger charge is -2.33. The van der Waals surface area contributed by atoms with Gasteiger partial charge in [-0.05, 0) is 0 Å². The van der Waals surface area contributed by atoms with Crippen molar-refractivity contribution >= 4 is 6.09 Å². The second-order valence-electron chi connectivity index (χ2n) is 2.72. The predicted octanol–water partition coefficient (Wildman–Crippen LogP) is 1.15. The van der Waals surface area contributed by atoms with Gasteiger partial charge in [-0.2, -0.15) is 0 Å². The van der Waals surface area contributed by atoms with Gasteiger partial charge < -0.3 is 10.5 Å². The third kappa shape index (κ3) is 3.49. The van der Waals surface area contributed by atoms with Crippen molar-refractivity contribution in [3.05, 3.63) is 0 Å². The Morgan fingerprint density at radius 2 is 1.85 bits per heavy atom. The Kier molecular flexibility index (Phi) is 2.65. The molecule has 0 aromatic carbocycles. The molecule has 1 fully saturated rings. The van der Waals surface area contributed by atoms with E-state index in [1.54, 1.807) is 0 Å². The number of nitrogens with two attached hydrogens (primary N) is 1. The van der Waals surface area contributed by atoms with Crippen molar-refractivity contribution in [1.82, 2.24) is 0 Å². The molecule has 1 amide bonds. The van der Waals surface area contributed by atoms with Crippen LogP contribution in [-0.2, 0) is 9.47 Å². The molecule has 1 saturated carbocycles. The summed E-state index contributed by atoms with van der Waals surface area (Å²) in [5.41, 5.74) is 4.65. The molecule has 0 heterocycles. The Balaban J connectivity index is 2.15. The van der Waals surface area contributed by atoms with E-state index >= 15 is 0 Å². The van der Waals surface area contributed by atoms with Crippen molar-refractivity contribution in [2.45, 2.75) is 31.4 Å². The van der Waals surface area contributed by atoms with Gasteiger partial charge in [-0.1, -0.05) is 0 Å². The molecule has 1 aliphatic rings. The summed E-state index contributed by atoms with van der Waals surface area (Å²) in [7, 11) is 0. The molecule has 13 heavy (non-hydrogen) atoms. The summed E-state index contributed by atoms with van der Waals surface area (Å²) >= 11 is 0. The zero-order valence-electron chi connectivity index (χ0n) is 6.50. The largest absolute Gasteiger partial charge is 0.522 e. The number of alkyl halides is 3. The highest BCUT2D eigenvalue weighted by Gasteiger charge is 2.41. The molecule has 0 spiro atoms. The van der Waals surface area contributed by atoms with Crippen LogP contribution in [-0.4, -0.2) is 24.7 Å². The van der Waals surface area contributed by atoms with Gasteiger partial charge in [0, 0.05) is 12.8 Å². The number of hydrogen-bond acceptors (Lipinski definition) is 3. The molecule has 0 radical (unpaired) electrons. The average Bonchev–Trinajstić information content (AvgIpc) is 1.78. The smallest absolute Gasteiger partial charge is 0.446 e. The first-order valence-corrected chi connectivity index (χ1v) is 3.57. The van der Waals surface area contributed by atoms with E-state index in [4.69, 9.17) is 0 Å². The van der Waals surface area contributed by atoms with Crippen LogP contribution in [0, 0.1) is 0 Å². The summed E-state index contributed by atoms with van der Waals surface area (Å²) < 4.78 is 42.8. The summed E-state index contributed by atoms with van der Waals surface area (Å²) in [4.78, 5) is 10.1. The van der Waals surface area contributed by atoms with Gasteiger partial charge in [0.25, 0.3) is 0 Å². The number of hydrogen-bond donors (Lipinski definition) is 1. The number of rotatable bonds is 2. The van der Waals surface area contributed by atoms with Crippen molar-refractivity contribution in [3.8, 4) is 0 Å². The number of carbonyl (C=O) groups excluding carboxylic acids is 1. The molecule has 0 aromatic heterocycles. The van der Waals surface area contributed by atoms with E-state index in [9.17, 15) is 18.0 Å². The molecule has 4 nitrogen and oxygen atoms in total. The first-order valence-electron chi connectivity index (χ1n) is 3.57. The molecule has 7 heteroatoms. The summed E-state index contributed by atoms with van der Waals surface area (Å²) in [6.45, 7) is 0. The standard InChI is InChI=1S/C6H8F3NO3/c7-6(8,9)13-4-1-3(2-4)12-5(10)11/h3-4H,1-2H2,(H2,10,11). The number of ether oxygens (including phenoxy) is 2. The van der Waals surface area contributed by atoms with Crippen LogP contribution in [0.25, 0.3) is 0 Å². The Morgan fingerprint density at radius 1 is 1.31 bits per heavy atom. The topological polar surface area (TPSA) is 61.6 Å². The van der Waals surface area contributed by atoms with Crippen LogP contribution in [0.1, 0.15) is 12.8 Å². The first kappa shape index (κ1) is 10.1. The molecule has 2 N–H and O–H groups in total. The van der Waals surface area contributed by atoms with Crippen LogP contribution in [0.4, 0.5) is 18.0 Å². The molecule has 76 valence electrons. The van der Waals surface area contributed by atoms with Crippen molar-refractivity contribution in [1.29, 1.82) is 0 Å². The minimum atomic E-state index is -4.62. The second-order valence-corrected chi connectivity index (χ2v) is 2.72. The summed E-state index contributed by atoms with van der Waals surface area (Å²) in [5, 5.41) is 0. The fraction of sp³-hybridized carbons (Fsp3) is 0.833. The molecule has 0 unspecified atom stereocenters. The molecular formula is C6H8F3NO3. The normalized spacial score (nSPS) is 27.9. The third-order valence-corrected chi connectivity index (χ3v) is 1.63. The molecule has 1 rings (SSSR count). The first-order chi connectivity index (χ1) is 5.87. The van der Waals surface area contributed by atoms with Crippen molar-refractivity contribution in [3.63, 3.8) is 0 Å². The van der Waals surface area contributed by atoms with Gasteiger partial charge in [0.2, 0.25) is 0 Å². The number of primary amides is 1. The SMILES string of the molecule is NC(=O)OC1CC(OC(F)(F)F)C1. The number of amides is 1. The van der Waals surface area contributed by atoms with Crippen molar-refractivity contribution in [2.75, 3.05) is 0 Å². The summed E-state index contributed by atoms with van der Waals surface area (Å²) in [6, 6.07) is 0. The van der Waals surface area contributed by atoms with Crippen LogP contribution >= 0.6 is 0 Å². The number of carbonyl (C=O) groups is 1. The zero-order chi connectivity index (χ0) is 10.1. The van der Waals surface area contributed by atoms with Gasteiger partial charge >= 0.3 is 12.5 Å². The van der Waals surface area contributed by atoms with E-state index in [1.807, 2.05) is 0 Å². The fourth-order valence-corrected chi connectivity index (χ4v) is 1.06. The Hall–Kier alpha value is -0.980. The summed E-state index contributed by atoms with van der Waals surface area (Å²) in [5.74, 6) is 0. The molecule has 0 atom stereocenters. The van der Waals surface area contributed by atoms with E-state index in [2.05, 4.69) is 15.2 Å². The van der Waals surface area contributed by atoms with Gasteiger partial charge in [-0.15, -0.1) is 13.2 Å². The Bertz CT molecular complexity index is 200. The lowest BCUT2D eigenvalue weighted by Crippen LogP contribution is -2.42. The van der Waals surface area contributed by atoms with Gasteiger partial charge in [-0.25, -0.2) is 4.79 Å². The van der Waals surface area contributed by atoms with Crippen LogP contribution in [0.3, 0.4) is 0 Å². The monoisotopic (exact) mass is 199 g/mol. The van der Waals surface area contributed by atoms with Gasteiger partial charge in [0.15, 0.2) is 0 Å². The maximum absolute atomic E-state index is 11.6. The van der Waals surface area contributed by atoms with E-state index < -0.39 is 24.7 Å². The maximum atomic E-state index is 11.6. The predicted molar refractivity (Wildman–Crippen MR) is 34.6 cm³/mol. The van der Waals surface area contributed by atoms with E-state index in [-0.39, 0.29) is 12.8 Å². The van der Waals surface area contributed by atoms with Gasteiger partial charge in [0.05, 0.1) is 6.10 Å². The van der Waals surface area contributed by atoms with Crippen LogP contribution in [0.15, 0.2) is 0 Å². The van der Waals surface area contributed by atoms with Crippen molar-refractivity contribution in [2.24, 2.45) is 5.73 Å². The quantitative estimate of drug-likeness (QED) is 0.725. The van der Waals surface area contributed by atoms with Crippen LogP contribution in [0.5, 0.6) is 0 Å². The third-order valence-electron chi connectivity index (χ3n) is 1.63. The minimum Gasteiger partial charge on any atom is -0.446 e. The summed E-state index contributed by atoms with van der Waals surface area (Å²) in [6.07, 6.45) is -6.96. The highest BCUT2D eigenvalue weighted by Crippen LogP contribution is 2.31. The molecule has 0 aromatic rings. The molecule has 0 bridgehead atoms. The highest BCUT2D eigenvalue weighted by molar-refractivity contribution is 5.64. The lowest BCUT2D eigenvalue weighted by molar-refractivity contribution is -0.355. The van der Waals surface area contributed by atoms with Crippen LogP contribution in [0.2, 0.25) is 0 Å². The molecule has 0 saturated heterocycles. The second kappa shape index (κ2) is 3.41. The molecular weight excluding hydrogens is 191 g/mol. The van der Waals surface area contributed by atoms with Gasteiger partial charge in [-0.3, -0.25) is 4.74 Å². The molecule has 0 aliphatic heterocycles. The van der Waals surface area contributed by atoms with E-state index in [0.717, 1.165) is 0 Å². The Morgan fingerprint density at radius 3 is 2.23 bits per heavy atom. The Labute approximate surface area is 71.8 Å². The fourth-order valence-electron chi connectivity index (χ4n) is 1.06. The number of halogens is 3. The van der Waals surface area contributed by atoms with Crippen molar-refractivity contribution < 1.29 is 27.4 Å². The van der Waals surface area contributed by atoms with E-state index in [1.165, 1.54) is 0 Å². The highest BCUT2D eigenvalue weighted by atomic mass is 19.4.